The zero-order valence-electron chi connectivity index (χ0n) is 17.2. The first kappa shape index (κ1) is 20.8. The molecular formula is C22H27N3O4. The number of nitrogens with zero attached hydrogens (tertiary/aromatic N) is 2. The number of Topliss-reactive ketones (excluding diaryl/α,β-unsaturated/α-hetero) is 1. The van der Waals surface area contributed by atoms with E-state index in [1.165, 1.54) is 7.11 Å². The molecule has 1 aliphatic carbocycles. The molecule has 7 heteroatoms. The average molecular weight is 397 g/mol. The summed E-state index contributed by atoms with van der Waals surface area (Å²) < 4.78 is 4.77. The Kier molecular flexibility index (Phi) is 6.46. The highest BCUT2D eigenvalue weighted by Crippen LogP contribution is 2.29. The maximum atomic E-state index is 13.1. The quantitative estimate of drug-likeness (QED) is 0.546. The lowest BCUT2D eigenvalue weighted by Crippen LogP contribution is -2.43. The predicted octanol–water partition coefficient (Wildman–Crippen LogP) is 2.87. The molecule has 2 aromatic heterocycles. The smallest absolute Gasteiger partial charge is 0.354 e. The molecule has 29 heavy (non-hydrogen) atoms. The van der Waals surface area contributed by atoms with Crippen molar-refractivity contribution in [1.29, 1.82) is 0 Å². The molecule has 0 aromatic carbocycles. The summed E-state index contributed by atoms with van der Waals surface area (Å²) in [6, 6.07) is 5.67. The molecule has 2 aromatic rings. The maximum Gasteiger partial charge on any atom is 0.354 e. The highest BCUT2D eigenvalue weighted by Gasteiger charge is 2.31. The third-order valence-electron chi connectivity index (χ3n) is 5.57. The van der Waals surface area contributed by atoms with E-state index in [1.807, 2.05) is 18.2 Å². The molecule has 0 saturated heterocycles. The number of hydrogen-bond donors (Lipinski definition) is 1. The number of nitrogens with one attached hydrogen (secondary N) is 1. The molecule has 154 valence electrons. The molecule has 7 nitrogen and oxygen atoms in total. The van der Waals surface area contributed by atoms with E-state index >= 15 is 0 Å². The molecule has 1 fully saturated rings. The molecule has 0 atom stereocenters. The lowest BCUT2D eigenvalue weighted by Gasteiger charge is -2.31. The Morgan fingerprint density at radius 2 is 2.00 bits per heavy atom. The van der Waals surface area contributed by atoms with Gasteiger partial charge in [-0.3, -0.25) is 14.6 Å². The number of carbonyl (C=O) groups excluding carboxylic acids is 3. The Morgan fingerprint density at radius 1 is 1.24 bits per heavy atom. The fourth-order valence-electron chi connectivity index (χ4n) is 3.70. The predicted molar refractivity (Wildman–Crippen MR) is 108 cm³/mol. The van der Waals surface area contributed by atoms with Crippen molar-refractivity contribution in [3.8, 4) is 0 Å². The molecule has 0 bridgehead atoms. The number of esters is 1. The largest absolute Gasteiger partial charge is 0.464 e. The topological polar surface area (TPSA) is 92.4 Å². The minimum atomic E-state index is -0.512. The van der Waals surface area contributed by atoms with E-state index in [9.17, 15) is 14.4 Å². The van der Waals surface area contributed by atoms with Crippen molar-refractivity contribution in [1.82, 2.24) is 14.9 Å². The molecule has 1 N–H and O–H groups in total. The van der Waals surface area contributed by atoms with Gasteiger partial charge in [0.2, 0.25) is 5.91 Å². The van der Waals surface area contributed by atoms with E-state index in [0.717, 1.165) is 25.0 Å². The summed E-state index contributed by atoms with van der Waals surface area (Å²) in [5, 5.41) is 0. The second-order valence-electron chi connectivity index (χ2n) is 7.50. The molecular weight excluding hydrogens is 370 g/mol. The Balaban J connectivity index is 1.78. The van der Waals surface area contributed by atoms with Crippen LogP contribution in [0.2, 0.25) is 0 Å². The van der Waals surface area contributed by atoms with Gasteiger partial charge in [0.25, 0.3) is 0 Å². The molecule has 0 radical (unpaired) electrons. The Morgan fingerprint density at radius 3 is 2.59 bits per heavy atom. The minimum absolute atomic E-state index is 0.00517. The number of methoxy groups -OCH3 is 1. The number of rotatable bonds is 8. The second kappa shape index (κ2) is 9.03. The van der Waals surface area contributed by atoms with Crippen LogP contribution in [0.4, 0.5) is 0 Å². The van der Waals surface area contributed by atoms with Crippen molar-refractivity contribution >= 4 is 17.7 Å². The van der Waals surface area contributed by atoms with Crippen LogP contribution in [-0.4, -0.2) is 52.7 Å². The van der Waals surface area contributed by atoms with Crippen LogP contribution in [0.5, 0.6) is 0 Å². The summed E-state index contributed by atoms with van der Waals surface area (Å²) in [5.41, 5.74) is 2.77. The van der Waals surface area contributed by atoms with Crippen LogP contribution in [0, 0.1) is 19.8 Å². The third-order valence-corrected chi connectivity index (χ3v) is 5.57. The molecule has 1 amide bonds. The van der Waals surface area contributed by atoms with Crippen LogP contribution in [0.15, 0.2) is 24.4 Å². The Bertz CT molecular complexity index is 900. The van der Waals surface area contributed by atoms with Crippen LogP contribution in [0.25, 0.3) is 0 Å². The van der Waals surface area contributed by atoms with Gasteiger partial charge in [-0.1, -0.05) is 12.5 Å². The van der Waals surface area contributed by atoms with Gasteiger partial charge >= 0.3 is 5.97 Å². The van der Waals surface area contributed by atoms with Crippen LogP contribution in [0.1, 0.15) is 57.1 Å². The number of aromatic amines is 1. The molecule has 2 heterocycles. The van der Waals surface area contributed by atoms with Crippen molar-refractivity contribution in [2.75, 3.05) is 20.2 Å². The number of hydrogen-bond acceptors (Lipinski definition) is 5. The minimum Gasteiger partial charge on any atom is -0.464 e. The Hall–Kier alpha value is -2.96. The number of ketones is 1. The number of pyridine rings is 1. The normalized spacial score (nSPS) is 13.6. The van der Waals surface area contributed by atoms with Gasteiger partial charge in [-0.2, -0.15) is 0 Å². The van der Waals surface area contributed by atoms with E-state index < -0.39 is 5.97 Å². The van der Waals surface area contributed by atoms with Crippen molar-refractivity contribution in [3.05, 3.63) is 52.6 Å². The zero-order valence-corrected chi connectivity index (χ0v) is 17.2. The zero-order chi connectivity index (χ0) is 21.0. The van der Waals surface area contributed by atoms with Crippen LogP contribution < -0.4 is 0 Å². The lowest BCUT2D eigenvalue weighted by molar-refractivity contribution is -0.137. The van der Waals surface area contributed by atoms with E-state index in [-0.39, 0.29) is 29.8 Å². The highest BCUT2D eigenvalue weighted by atomic mass is 16.5. The van der Waals surface area contributed by atoms with Gasteiger partial charge in [0.05, 0.1) is 13.7 Å². The monoisotopic (exact) mass is 397 g/mol. The summed E-state index contributed by atoms with van der Waals surface area (Å²) in [6.07, 6.45) is 5.12. The third kappa shape index (κ3) is 4.55. The van der Waals surface area contributed by atoms with Gasteiger partial charge < -0.3 is 14.6 Å². The van der Waals surface area contributed by atoms with Crippen molar-refractivity contribution in [2.45, 2.75) is 39.5 Å². The summed E-state index contributed by atoms with van der Waals surface area (Å²) in [7, 11) is 1.30. The lowest BCUT2D eigenvalue weighted by atomic mass is 9.84. The van der Waals surface area contributed by atoms with Crippen LogP contribution in [0.3, 0.4) is 0 Å². The van der Waals surface area contributed by atoms with E-state index in [2.05, 4.69) is 9.97 Å². The first-order valence-electron chi connectivity index (χ1n) is 9.91. The van der Waals surface area contributed by atoms with Crippen molar-refractivity contribution < 1.29 is 19.1 Å². The first-order chi connectivity index (χ1) is 13.9. The standard InChI is InChI=1S/C22H27N3O4/c1-14-19(15(2)24-20(14)22(28)29-3)18(26)13-25(21(27)16-7-6-8-16)12-10-17-9-4-5-11-23-17/h4-5,9,11,16,24H,6-8,10,12-13H2,1-3H3. The van der Waals surface area contributed by atoms with Gasteiger partial charge in [-0.15, -0.1) is 0 Å². The van der Waals surface area contributed by atoms with E-state index in [1.54, 1.807) is 24.9 Å². The molecule has 0 aliphatic heterocycles. The fourth-order valence-corrected chi connectivity index (χ4v) is 3.70. The average Bonchev–Trinajstić information content (AvgIpc) is 2.98. The van der Waals surface area contributed by atoms with Gasteiger partial charge in [-0.05, 0) is 44.4 Å². The Labute approximate surface area is 170 Å². The van der Waals surface area contributed by atoms with Gasteiger partial charge in [0.15, 0.2) is 5.78 Å². The number of aryl methyl sites for hydroxylation is 1. The van der Waals surface area contributed by atoms with Gasteiger partial charge in [0.1, 0.15) is 5.69 Å². The maximum absolute atomic E-state index is 13.1. The van der Waals surface area contributed by atoms with E-state index in [0.29, 0.717) is 29.8 Å². The van der Waals surface area contributed by atoms with Gasteiger partial charge in [-0.25, -0.2) is 4.79 Å². The first-order valence-corrected chi connectivity index (χ1v) is 9.91. The second-order valence-corrected chi connectivity index (χ2v) is 7.50. The van der Waals surface area contributed by atoms with Crippen molar-refractivity contribution in [3.63, 3.8) is 0 Å². The number of carbonyl (C=O) groups is 3. The highest BCUT2D eigenvalue weighted by molar-refractivity contribution is 6.04. The summed E-state index contributed by atoms with van der Waals surface area (Å²) in [6.45, 7) is 3.89. The number of H-pyrrole nitrogens is 1. The van der Waals surface area contributed by atoms with E-state index in [4.69, 9.17) is 4.74 Å². The molecule has 3 rings (SSSR count). The fraction of sp³-hybridized carbons (Fsp3) is 0.455. The molecule has 1 aliphatic rings. The summed E-state index contributed by atoms with van der Waals surface area (Å²) >= 11 is 0. The van der Waals surface area contributed by atoms with Gasteiger partial charge in [0, 0.05) is 42.0 Å². The van der Waals surface area contributed by atoms with Crippen LogP contribution in [-0.2, 0) is 16.0 Å². The van der Waals surface area contributed by atoms with Crippen molar-refractivity contribution in [2.24, 2.45) is 5.92 Å². The molecule has 0 spiro atoms. The number of aromatic nitrogens is 2. The summed E-state index contributed by atoms with van der Waals surface area (Å²) in [4.78, 5) is 46.8. The summed E-state index contributed by atoms with van der Waals surface area (Å²) in [5.74, 6) is -0.660. The molecule has 0 unspecified atom stereocenters. The number of ether oxygens (including phenoxy) is 1. The SMILES string of the molecule is COC(=O)c1[nH]c(C)c(C(=O)CN(CCc2ccccn2)C(=O)C2CCC2)c1C. The van der Waals surface area contributed by atoms with Crippen LogP contribution >= 0.6 is 0 Å². The molecule has 1 saturated carbocycles. The number of amides is 1.